The fourth-order valence-electron chi connectivity index (χ4n) is 2.49. The number of carbonyl (C=O) groups excluding carboxylic acids is 1. The predicted molar refractivity (Wildman–Crippen MR) is 82.0 cm³/mol. The van der Waals surface area contributed by atoms with Crippen LogP contribution in [-0.2, 0) is 11.3 Å². The van der Waals surface area contributed by atoms with Crippen molar-refractivity contribution < 1.29 is 14.1 Å². The number of benzene rings is 2. The monoisotopic (exact) mass is 313 g/mol. The summed E-state index contributed by atoms with van der Waals surface area (Å²) in [5, 5.41) is 10.9. The van der Waals surface area contributed by atoms with Gasteiger partial charge in [-0.05, 0) is 23.8 Å². The van der Waals surface area contributed by atoms with Gasteiger partial charge in [-0.15, -0.1) is 0 Å². The maximum absolute atomic E-state index is 13.0. The number of non-ortho nitro benzene ring substituents is 1. The third kappa shape index (κ3) is 2.94. The summed E-state index contributed by atoms with van der Waals surface area (Å²) in [7, 11) is 0. The van der Waals surface area contributed by atoms with E-state index in [0.29, 0.717) is 17.8 Å². The molecule has 3 rings (SSSR count). The molecule has 6 nitrogen and oxygen atoms in total. The van der Waals surface area contributed by atoms with Gasteiger partial charge >= 0.3 is 0 Å². The molecule has 23 heavy (non-hydrogen) atoms. The van der Waals surface area contributed by atoms with E-state index in [9.17, 15) is 19.3 Å². The van der Waals surface area contributed by atoms with Gasteiger partial charge in [0.25, 0.3) is 5.69 Å². The Morgan fingerprint density at radius 2 is 2.00 bits per heavy atom. The lowest BCUT2D eigenvalue weighted by atomic mass is 10.0. The highest BCUT2D eigenvalue weighted by Gasteiger charge is 2.26. The van der Waals surface area contributed by atoms with Gasteiger partial charge in [-0.2, -0.15) is 0 Å². The van der Waals surface area contributed by atoms with E-state index in [4.69, 9.17) is 0 Å². The summed E-state index contributed by atoms with van der Waals surface area (Å²) in [6.07, 6.45) is 2.24. The van der Waals surface area contributed by atoms with E-state index in [0.717, 1.165) is 11.8 Å². The minimum Gasteiger partial charge on any atom is -0.344 e. The maximum atomic E-state index is 13.0. The van der Waals surface area contributed by atoms with E-state index in [1.165, 1.54) is 36.7 Å². The number of hydrogen-bond acceptors (Lipinski definition) is 5. The number of carbonyl (C=O) groups is 1. The average molecular weight is 313 g/mol. The van der Waals surface area contributed by atoms with Crippen molar-refractivity contribution in [3.63, 3.8) is 0 Å². The third-order valence-electron chi connectivity index (χ3n) is 3.65. The SMILES string of the molecule is O=CC1c2cc([N+](=O)[O-])ccc2N=CN1Cc1ccc(F)cc1. The second-order valence-electron chi connectivity index (χ2n) is 5.12. The van der Waals surface area contributed by atoms with Gasteiger partial charge in [0.05, 0.1) is 16.9 Å². The topological polar surface area (TPSA) is 75.8 Å². The number of hydrogen-bond donors (Lipinski definition) is 0. The van der Waals surface area contributed by atoms with E-state index >= 15 is 0 Å². The number of nitro groups is 1. The molecule has 1 heterocycles. The van der Waals surface area contributed by atoms with Gasteiger partial charge < -0.3 is 9.69 Å². The first-order valence-corrected chi connectivity index (χ1v) is 6.86. The van der Waals surface area contributed by atoms with Crippen molar-refractivity contribution in [1.82, 2.24) is 4.90 Å². The van der Waals surface area contributed by atoms with Crippen LogP contribution in [0.3, 0.4) is 0 Å². The van der Waals surface area contributed by atoms with Crippen LogP contribution in [0.5, 0.6) is 0 Å². The molecule has 0 saturated carbocycles. The lowest BCUT2D eigenvalue weighted by molar-refractivity contribution is -0.384. The molecule has 0 fully saturated rings. The Hall–Kier alpha value is -3.09. The molecular weight excluding hydrogens is 301 g/mol. The molecule has 0 radical (unpaired) electrons. The Labute approximate surface area is 131 Å². The summed E-state index contributed by atoms with van der Waals surface area (Å²) >= 11 is 0. The highest BCUT2D eigenvalue weighted by Crippen LogP contribution is 2.35. The quantitative estimate of drug-likeness (QED) is 0.493. The zero-order chi connectivity index (χ0) is 16.4. The van der Waals surface area contributed by atoms with Gasteiger partial charge in [-0.3, -0.25) is 10.1 Å². The Balaban J connectivity index is 1.92. The van der Waals surface area contributed by atoms with Crippen molar-refractivity contribution >= 4 is 24.0 Å². The number of aliphatic imine (C=N–C) groups is 1. The maximum Gasteiger partial charge on any atom is 0.269 e. The van der Waals surface area contributed by atoms with E-state index < -0.39 is 11.0 Å². The molecule has 0 N–H and O–H groups in total. The standard InChI is InChI=1S/C16H12FN3O3/c17-12-3-1-11(2-4-12)8-19-10-18-15-6-5-13(20(22)23)7-14(15)16(19)9-21/h1-7,9-10,16H,8H2. The van der Waals surface area contributed by atoms with Crippen LogP contribution in [0.1, 0.15) is 17.2 Å². The second kappa shape index (κ2) is 5.96. The Morgan fingerprint density at radius 1 is 1.26 bits per heavy atom. The van der Waals surface area contributed by atoms with Crippen LogP contribution in [0.4, 0.5) is 15.8 Å². The summed E-state index contributed by atoms with van der Waals surface area (Å²) in [4.78, 5) is 27.8. The summed E-state index contributed by atoms with van der Waals surface area (Å²) in [5.74, 6) is -0.339. The van der Waals surface area contributed by atoms with Crippen LogP contribution < -0.4 is 0 Å². The smallest absolute Gasteiger partial charge is 0.269 e. The number of rotatable bonds is 4. The van der Waals surface area contributed by atoms with E-state index in [2.05, 4.69) is 4.99 Å². The van der Waals surface area contributed by atoms with Crippen LogP contribution in [0.25, 0.3) is 0 Å². The lowest BCUT2D eigenvalue weighted by Crippen LogP contribution is -2.30. The van der Waals surface area contributed by atoms with Crippen LogP contribution >= 0.6 is 0 Å². The number of halogens is 1. The van der Waals surface area contributed by atoms with Crippen LogP contribution in [0.2, 0.25) is 0 Å². The summed E-state index contributed by atoms with van der Waals surface area (Å²) in [6, 6.07) is 9.48. The van der Waals surface area contributed by atoms with Crippen molar-refractivity contribution in [2.75, 3.05) is 0 Å². The average Bonchev–Trinajstić information content (AvgIpc) is 2.56. The van der Waals surface area contributed by atoms with Gasteiger partial charge in [-0.1, -0.05) is 12.1 Å². The number of aldehydes is 1. The molecule has 0 amide bonds. The predicted octanol–water partition coefficient (Wildman–Crippen LogP) is 3.15. The molecule has 7 heteroatoms. The first-order chi connectivity index (χ1) is 11.1. The molecule has 0 aromatic heterocycles. The van der Waals surface area contributed by atoms with Gasteiger partial charge in [0.15, 0.2) is 0 Å². The summed E-state index contributed by atoms with van der Waals surface area (Å²) in [6.45, 7) is 0.343. The minimum atomic E-state index is -0.674. The van der Waals surface area contributed by atoms with E-state index in [-0.39, 0.29) is 11.5 Å². The Morgan fingerprint density at radius 3 is 2.65 bits per heavy atom. The molecule has 2 aromatic carbocycles. The van der Waals surface area contributed by atoms with Gasteiger partial charge in [-0.25, -0.2) is 9.38 Å². The first-order valence-electron chi connectivity index (χ1n) is 6.86. The molecule has 1 atom stereocenters. The zero-order valence-electron chi connectivity index (χ0n) is 11.9. The minimum absolute atomic E-state index is 0.0885. The summed E-state index contributed by atoms with van der Waals surface area (Å²) < 4.78 is 13.0. The largest absolute Gasteiger partial charge is 0.344 e. The third-order valence-corrected chi connectivity index (χ3v) is 3.65. The molecule has 0 aliphatic carbocycles. The molecule has 0 saturated heterocycles. The highest BCUT2D eigenvalue weighted by atomic mass is 19.1. The lowest BCUT2D eigenvalue weighted by Gasteiger charge is -2.30. The molecule has 2 aromatic rings. The van der Waals surface area contributed by atoms with Crippen LogP contribution in [0.15, 0.2) is 47.5 Å². The van der Waals surface area contributed by atoms with Gasteiger partial charge in [0.2, 0.25) is 0 Å². The fourth-order valence-corrected chi connectivity index (χ4v) is 2.49. The normalized spacial score (nSPS) is 16.0. The first kappa shape index (κ1) is 14.8. The van der Waals surface area contributed by atoms with Crippen LogP contribution in [0, 0.1) is 15.9 Å². The molecule has 1 aliphatic heterocycles. The molecule has 1 unspecified atom stereocenters. The Kier molecular flexibility index (Phi) is 3.84. The van der Waals surface area contributed by atoms with Gasteiger partial charge in [0, 0.05) is 24.2 Å². The van der Waals surface area contributed by atoms with Crippen LogP contribution in [-0.4, -0.2) is 22.4 Å². The van der Waals surface area contributed by atoms with Crippen molar-refractivity contribution in [3.8, 4) is 0 Å². The molecule has 1 aliphatic rings. The van der Waals surface area contributed by atoms with E-state index in [1.54, 1.807) is 17.0 Å². The molecule has 116 valence electrons. The van der Waals surface area contributed by atoms with Crippen molar-refractivity contribution in [2.45, 2.75) is 12.6 Å². The second-order valence-corrected chi connectivity index (χ2v) is 5.12. The van der Waals surface area contributed by atoms with Crippen molar-refractivity contribution in [1.29, 1.82) is 0 Å². The van der Waals surface area contributed by atoms with Crippen molar-refractivity contribution in [3.05, 3.63) is 69.5 Å². The number of fused-ring (bicyclic) bond motifs is 1. The zero-order valence-corrected chi connectivity index (χ0v) is 11.9. The van der Waals surface area contributed by atoms with Gasteiger partial charge in [0.1, 0.15) is 18.1 Å². The molecular formula is C16H12FN3O3. The fraction of sp³-hybridized carbons (Fsp3) is 0.125. The Bertz CT molecular complexity index is 790. The van der Waals surface area contributed by atoms with Crippen molar-refractivity contribution in [2.24, 2.45) is 4.99 Å². The summed E-state index contributed by atoms with van der Waals surface area (Å²) in [5.41, 5.74) is 1.73. The number of nitrogens with zero attached hydrogens (tertiary/aromatic N) is 3. The highest BCUT2D eigenvalue weighted by molar-refractivity contribution is 5.78. The number of nitro benzene ring substituents is 1. The molecule has 0 bridgehead atoms. The molecule has 0 spiro atoms. The van der Waals surface area contributed by atoms with E-state index in [1.807, 2.05) is 0 Å².